The van der Waals surface area contributed by atoms with E-state index in [-0.39, 0.29) is 11.8 Å². The quantitative estimate of drug-likeness (QED) is 0.466. The molecule has 2 N–H and O–H groups in total. The fourth-order valence-corrected chi connectivity index (χ4v) is 5.45. The first-order valence-corrected chi connectivity index (χ1v) is 11.8. The summed E-state index contributed by atoms with van der Waals surface area (Å²) in [7, 11) is 1.56. The van der Waals surface area contributed by atoms with Crippen LogP contribution in [0.25, 0.3) is 0 Å². The van der Waals surface area contributed by atoms with Crippen LogP contribution < -0.4 is 15.4 Å². The third-order valence-corrected chi connectivity index (χ3v) is 7.24. The van der Waals surface area contributed by atoms with E-state index in [1.54, 1.807) is 25.3 Å². The molecule has 4 rings (SSSR count). The van der Waals surface area contributed by atoms with Crippen molar-refractivity contribution in [2.75, 3.05) is 12.4 Å². The number of amides is 2. The molecule has 2 amide bonds. The summed E-state index contributed by atoms with van der Waals surface area (Å²) in [6.45, 7) is 0.444. The third-order valence-electron chi connectivity index (χ3n) is 5.34. The first-order valence-electron chi connectivity index (χ1n) is 10.2. The highest BCUT2D eigenvalue weighted by Gasteiger charge is 2.27. The van der Waals surface area contributed by atoms with Crippen LogP contribution in [0.5, 0.6) is 5.75 Å². The molecule has 5 nitrogen and oxygen atoms in total. The van der Waals surface area contributed by atoms with Crippen molar-refractivity contribution in [3.63, 3.8) is 0 Å². The van der Waals surface area contributed by atoms with Crippen molar-refractivity contribution >= 4 is 44.1 Å². The minimum Gasteiger partial charge on any atom is -0.497 e. The number of hydrogen-bond donors (Lipinski definition) is 2. The number of nitrogens with one attached hydrogen (secondary N) is 2. The molecule has 7 heteroatoms. The molecular weight excluding hydrogens is 476 g/mol. The van der Waals surface area contributed by atoms with E-state index in [9.17, 15) is 9.59 Å². The van der Waals surface area contributed by atoms with E-state index in [0.29, 0.717) is 32.9 Å². The van der Waals surface area contributed by atoms with E-state index in [1.165, 1.54) is 16.2 Å². The minimum absolute atomic E-state index is 0.150. The zero-order valence-electron chi connectivity index (χ0n) is 17.2. The van der Waals surface area contributed by atoms with Crippen molar-refractivity contribution in [1.82, 2.24) is 5.32 Å². The van der Waals surface area contributed by atoms with Gasteiger partial charge >= 0.3 is 0 Å². The Balaban J connectivity index is 1.61. The second-order valence-electron chi connectivity index (χ2n) is 7.38. The lowest BCUT2D eigenvalue weighted by atomic mass is 9.95. The van der Waals surface area contributed by atoms with Crippen LogP contribution in [0.1, 0.15) is 49.6 Å². The molecular formula is C24H23BrN2O3S. The Morgan fingerprint density at radius 2 is 1.84 bits per heavy atom. The highest BCUT2D eigenvalue weighted by molar-refractivity contribution is 9.10. The van der Waals surface area contributed by atoms with Crippen LogP contribution in [0.15, 0.2) is 53.0 Å². The molecule has 0 saturated carbocycles. The van der Waals surface area contributed by atoms with Crippen LogP contribution in [0.2, 0.25) is 0 Å². The fourth-order valence-electron chi connectivity index (χ4n) is 3.74. The second-order valence-corrected chi connectivity index (χ2v) is 9.34. The summed E-state index contributed by atoms with van der Waals surface area (Å²) in [4.78, 5) is 27.4. The first kappa shape index (κ1) is 21.6. The topological polar surface area (TPSA) is 67.4 Å². The molecule has 1 aromatic heterocycles. The number of aryl methyl sites for hydroxylation is 1. The molecule has 0 spiro atoms. The van der Waals surface area contributed by atoms with E-state index in [4.69, 9.17) is 4.74 Å². The molecule has 0 aliphatic heterocycles. The number of carbonyl (C=O) groups excluding carboxylic acids is 2. The number of fused-ring (bicyclic) bond motifs is 1. The molecule has 0 fully saturated rings. The molecule has 0 unspecified atom stereocenters. The van der Waals surface area contributed by atoms with E-state index in [0.717, 1.165) is 36.8 Å². The Morgan fingerprint density at radius 3 is 2.61 bits per heavy atom. The Bertz CT molecular complexity index is 1110. The predicted molar refractivity (Wildman–Crippen MR) is 127 cm³/mol. The second kappa shape index (κ2) is 9.66. The van der Waals surface area contributed by atoms with Crippen molar-refractivity contribution in [3.05, 3.63) is 80.1 Å². The van der Waals surface area contributed by atoms with E-state index in [1.807, 2.05) is 30.3 Å². The van der Waals surface area contributed by atoms with Gasteiger partial charge in [0.05, 0.1) is 18.2 Å². The van der Waals surface area contributed by atoms with Gasteiger partial charge in [-0.2, -0.15) is 0 Å². The summed E-state index contributed by atoms with van der Waals surface area (Å²) in [6, 6.07) is 15.1. The SMILES string of the molecule is COc1ccc(Br)c(C(=O)Nc2sc3c(c2C(=O)NCc2ccccc2)CCCC3)c1. The number of methoxy groups -OCH3 is 1. The molecule has 0 bridgehead atoms. The van der Waals surface area contributed by atoms with Crippen LogP contribution in [0.3, 0.4) is 0 Å². The van der Waals surface area contributed by atoms with Crippen LogP contribution in [0, 0.1) is 0 Å². The summed E-state index contributed by atoms with van der Waals surface area (Å²) < 4.78 is 5.92. The number of rotatable bonds is 6. The molecule has 0 radical (unpaired) electrons. The summed E-state index contributed by atoms with van der Waals surface area (Å²) in [6.07, 6.45) is 3.96. The number of carbonyl (C=O) groups is 2. The molecule has 31 heavy (non-hydrogen) atoms. The lowest BCUT2D eigenvalue weighted by Crippen LogP contribution is -2.25. The minimum atomic E-state index is -0.276. The zero-order valence-corrected chi connectivity index (χ0v) is 19.6. The van der Waals surface area contributed by atoms with Crippen LogP contribution in [-0.4, -0.2) is 18.9 Å². The van der Waals surface area contributed by atoms with Gasteiger partial charge in [-0.25, -0.2) is 0 Å². The zero-order chi connectivity index (χ0) is 21.8. The van der Waals surface area contributed by atoms with Crippen molar-refractivity contribution < 1.29 is 14.3 Å². The Labute approximate surface area is 194 Å². The monoisotopic (exact) mass is 498 g/mol. The standard InChI is InChI=1S/C24H23BrN2O3S/c1-30-16-11-12-19(25)18(13-16)22(28)27-24-21(17-9-5-6-10-20(17)31-24)23(29)26-14-15-7-3-2-4-8-15/h2-4,7-8,11-13H,5-6,9-10,14H2,1H3,(H,26,29)(H,27,28). The molecule has 0 saturated heterocycles. The highest BCUT2D eigenvalue weighted by atomic mass is 79.9. The van der Waals surface area contributed by atoms with Gasteiger partial charge in [0, 0.05) is 15.9 Å². The molecule has 1 aliphatic carbocycles. The van der Waals surface area contributed by atoms with Gasteiger partial charge in [0.1, 0.15) is 10.8 Å². The van der Waals surface area contributed by atoms with Crippen LogP contribution in [0.4, 0.5) is 5.00 Å². The van der Waals surface area contributed by atoms with Gasteiger partial charge in [-0.05, 0) is 70.9 Å². The molecule has 2 aromatic carbocycles. The van der Waals surface area contributed by atoms with Gasteiger partial charge < -0.3 is 15.4 Å². The lowest BCUT2D eigenvalue weighted by molar-refractivity contribution is 0.0951. The number of anilines is 1. The maximum Gasteiger partial charge on any atom is 0.257 e. The molecule has 0 atom stereocenters. The molecule has 1 aliphatic rings. The van der Waals surface area contributed by atoms with Gasteiger partial charge in [-0.15, -0.1) is 11.3 Å². The van der Waals surface area contributed by atoms with E-state index in [2.05, 4.69) is 26.6 Å². The Morgan fingerprint density at radius 1 is 1.06 bits per heavy atom. The van der Waals surface area contributed by atoms with Crippen LogP contribution in [-0.2, 0) is 19.4 Å². The van der Waals surface area contributed by atoms with E-state index >= 15 is 0 Å². The summed E-state index contributed by atoms with van der Waals surface area (Å²) in [5, 5.41) is 6.62. The average molecular weight is 499 g/mol. The Kier molecular flexibility index (Phi) is 6.73. The Hall–Kier alpha value is -2.64. The highest BCUT2D eigenvalue weighted by Crippen LogP contribution is 2.38. The van der Waals surface area contributed by atoms with Gasteiger partial charge in [0.2, 0.25) is 0 Å². The fraction of sp³-hybridized carbons (Fsp3) is 0.250. The maximum absolute atomic E-state index is 13.2. The van der Waals surface area contributed by atoms with Gasteiger partial charge in [0.25, 0.3) is 11.8 Å². The number of thiophene rings is 1. The summed E-state index contributed by atoms with van der Waals surface area (Å²) in [5.74, 6) is 0.171. The average Bonchev–Trinajstić information content (AvgIpc) is 3.16. The molecule has 1 heterocycles. The van der Waals surface area contributed by atoms with Gasteiger partial charge in [0.15, 0.2) is 0 Å². The van der Waals surface area contributed by atoms with Crippen molar-refractivity contribution in [3.8, 4) is 5.75 Å². The number of hydrogen-bond acceptors (Lipinski definition) is 4. The summed E-state index contributed by atoms with van der Waals surface area (Å²) in [5.41, 5.74) is 3.16. The number of halogens is 1. The van der Waals surface area contributed by atoms with Gasteiger partial charge in [-0.1, -0.05) is 30.3 Å². The third kappa shape index (κ3) is 4.83. The van der Waals surface area contributed by atoms with Crippen molar-refractivity contribution in [2.45, 2.75) is 32.2 Å². The molecule has 160 valence electrons. The number of benzene rings is 2. The smallest absolute Gasteiger partial charge is 0.257 e. The predicted octanol–water partition coefficient (Wildman–Crippen LogP) is 5.58. The van der Waals surface area contributed by atoms with Gasteiger partial charge in [-0.3, -0.25) is 9.59 Å². The largest absolute Gasteiger partial charge is 0.497 e. The molecule has 3 aromatic rings. The number of ether oxygens (including phenoxy) is 1. The maximum atomic E-state index is 13.2. The van der Waals surface area contributed by atoms with Crippen LogP contribution >= 0.6 is 27.3 Å². The van der Waals surface area contributed by atoms with Crippen molar-refractivity contribution in [1.29, 1.82) is 0 Å². The van der Waals surface area contributed by atoms with Crippen molar-refractivity contribution in [2.24, 2.45) is 0 Å². The lowest BCUT2D eigenvalue weighted by Gasteiger charge is -2.13. The normalized spacial score (nSPS) is 12.7. The first-order chi connectivity index (χ1) is 15.1. The van der Waals surface area contributed by atoms with E-state index < -0.39 is 0 Å². The summed E-state index contributed by atoms with van der Waals surface area (Å²) >= 11 is 4.95.